The van der Waals surface area contributed by atoms with E-state index in [9.17, 15) is 5.11 Å². The highest BCUT2D eigenvalue weighted by Gasteiger charge is 2.08. The van der Waals surface area contributed by atoms with E-state index < -0.39 is 6.10 Å². The summed E-state index contributed by atoms with van der Waals surface area (Å²) in [6.45, 7) is 6.21. The summed E-state index contributed by atoms with van der Waals surface area (Å²) in [4.78, 5) is 4.30. The summed E-state index contributed by atoms with van der Waals surface area (Å²) in [6, 6.07) is 3.81. The summed E-state index contributed by atoms with van der Waals surface area (Å²) in [5.74, 6) is 1.78. The fraction of sp³-hybridized carbons (Fsp3) is 0.583. The van der Waals surface area contributed by atoms with Crippen molar-refractivity contribution < 1.29 is 5.11 Å². The summed E-state index contributed by atoms with van der Waals surface area (Å²) >= 11 is 1.73. The summed E-state index contributed by atoms with van der Waals surface area (Å²) < 4.78 is 0. The Bertz CT molecular complexity index is 299. The van der Waals surface area contributed by atoms with Gasteiger partial charge in [-0.25, -0.2) is 4.98 Å². The van der Waals surface area contributed by atoms with Crippen LogP contribution < -0.4 is 0 Å². The van der Waals surface area contributed by atoms with Crippen LogP contribution >= 0.6 is 11.8 Å². The molecule has 0 spiro atoms. The first-order valence-electron chi connectivity index (χ1n) is 5.37. The molecule has 1 atom stereocenters. The van der Waals surface area contributed by atoms with Crippen molar-refractivity contribution in [3.8, 4) is 0 Å². The number of nitrogens with zero attached hydrogens (tertiary/aromatic N) is 1. The lowest BCUT2D eigenvalue weighted by atomic mass is 10.2. The Labute approximate surface area is 96.1 Å². The Kier molecular flexibility index (Phi) is 5.12. The van der Waals surface area contributed by atoms with Crippen molar-refractivity contribution in [1.29, 1.82) is 0 Å². The minimum Gasteiger partial charge on any atom is -0.389 e. The molecule has 0 saturated carbocycles. The summed E-state index contributed by atoms with van der Waals surface area (Å²) in [7, 11) is 0. The van der Waals surface area contributed by atoms with Gasteiger partial charge in [0.25, 0.3) is 0 Å². The molecule has 0 aromatic carbocycles. The van der Waals surface area contributed by atoms with Gasteiger partial charge in [-0.3, -0.25) is 0 Å². The van der Waals surface area contributed by atoms with Crippen molar-refractivity contribution in [3.63, 3.8) is 0 Å². The van der Waals surface area contributed by atoms with Gasteiger partial charge in [0.05, 0.1) is 6.10 Å². The number of hydrogen-bond acceptors (Lipinski definition) is 3. The molecule has 1 rings (SSSR count). The fourth-order valence-corrected chi connectivity index (χ4v) is 2.56. The molecule has 0 amide bonds. The van der Waals surface area contributed by atoms with E-state index in [1.807, 2.05) is 12.1 Å². The van der Waals surface area contributed by atoms with Gasteiger partial charge in [-0.05, 0) is 31.1 Å². The molecule has 0 aliphatic rings. The van der Waals surface area contributed by atoms with Crippen LogP contribution in [0.5, 0.6) is 0 Å². The van der Waals surface area contributed by atoms with E-state index in [1.54, 1.807) is 24.9 Å². The van der Waals surface area contributed by atoms with E-state index in [0.717, 1.165) is 22.3 Å². The van der Waals surface area contributed by atoms with E-state index in [0.29, 0.717) is 0 Å². The first-order valence-corrected chi connectivity index (χ1v) is 6.35. The molecule has 0 bridgehead atoms. The fourth-order valence-electron chi connectivity index (χ4n) is 1.23. The Morgan fingerprint density at radius 2 is 2.13 bits per heavy atom. The Hall–Kier alpha value is -0.540. The average molecular weight is 225 g/mol. The van der Waals surface area contributed by atoms with Crippen molar-refractivity contribution in [1.82, 2.24) is 4.98 Å². The van der Waals surface area contributed by atoms with Crippen LogP contribution in [0, 0.1) is 5.92 Å². The van der Waals surface area contributed by atoms with Gasteiger partial charge in [0.1, 0.15) is 5.03 Å². The highest BCUT2D eigenvalue weighted by Crippen LogP contribution is 2.26. The van der Waals surface area contributed by atoms with E-state index in [4.69, 9.17) is 0 Å². The third-order valence-corrected chi connectivity index (χ3v) is 3.24. The quantitative estimate of drug-likeness (QED) is 0.781. The maximum absolute atomic E-state index is 9.56. The molecule has 0 aliphatic heterocycles. The highest BCUT2D eigenvalue weighted by atomic mass is 32.2. The summed E-state index contributed by atoms with van der Waals surface area (Å²) in [6.07, 6.45) is 2.53. The van der Waals surface area contributed by atoms with Gasteiger partial charge in [-0.2, -0.15) is 0 Å². The van der Waals surface area contributed by atoms with Crippen LogP contribution in [0.4, 0.5) is 0 Å². The molecular formula is C12H19NOS. The molecule has 1 N–H and O–H groups in total. The van der Waals surface area contributed by atoms with Crippen LogP contribution in [-0.2, 0) is 0 Å². The average Bonchev–Trinajstić information content (AvgIpc) is 2.17. The third-order valence-electron chi connectivity index (χ3n) is 2.18. The number of aliphatic hydroxyl groups excluding tert-OH is 1. The maximum atomic E-state index is 9.56. The zero-order valence-corrected chi connectivity index (χ0v) is 10.4. The van der Waals surface area contributed by atoms with Gasteiger partial charge in [0.15, 0.2) is 0 Å². The minimum atomic E-state index is -0.430. The van der Waals surface area contributed by atoms with Crippen molar-refractivity contribution in [2.45, 2.75) is 38.3 Å². The number of aromatic nitrogens is 1. The van der Waals surface area contributed by atoms with Crippen LogP contribution in [0.1, 0.15) is 38.9 Å². The molecule has 15 heavy (non-hydrogen) atoms. The molecular weight excluding hydrogens is 206 g/mol. The summed E-state index contributed by atoms with van der Waals surface area (Å²) in [5, 5.41) is 10.5. The number of rotatable bonds is 5. The third kappa shape index (κ3) is 4.22. The van der Waals surface area contributed by atoms with Gasteiger partial charge < -0.3 is 5.11 Å². The zero-order chi connectivity index (χ0) is 11.3. The lowest BCUT2D eigenvalue weighted by molar-refractivity contribution is 0.195. The molecule has 84 valence electrons. The van der Waals surface area contributed by atoms with Crippen LogP contribution in [0.15, 0.2) is 23.4 Å². The van der Waals surface area contributed by atoms with Crippen molar-refractivity contribution >= 4 is 11.8 Å². The van der Waals surface area contributed by atoms with Gasteiger partial charge in [0, 0.05) is 11.8 Å². The Balaban J connectivity index is 2.59. The molecule has 0 aliphatic carbocycles. The van der Waals surface area contributed by atoms with E-state index in [2.05, 4.69) is 18.8 Å². The van der Waals surface area contributed by atoms with Crippen LogP contribution in [0.2, 0.25) is 0 Å². The Morgan fingerprint density at radius 1 is 1.40 bits per heavy atom. The summed E-state index contributed by atoms with van der Waals surface area (Å²) in [5.41, 5.74) is 0.936. The predicted molar refractivity (Wildman–Crippen MR) is 65.0 cm³/mol. The molecule has 1 aromatic rings. The number of aliphatic hydroxyl groups is 1. The van der Waals surface area contributed by atoms with Crippen LogP contribution in [0.25, 0.3) is 0 Å². The van der Waals surface area contributed by atoms with E-state index in [1.165, 1.54) is 6.42 Å². The Morgan fingerprint density at radius 3 is 2.73 bits per heavy atom. The van der Waals surface area contributed by atoms with Gasteiger partial charge in [-0.15, -0.1) is 11.8 Å². The second kappa shape index (κ2) is 6.13. The molecule has 1 heterocycles. The maximum Gasteiger partial charge on any atom is 0.102 e. The van der Waals surface area contributed by atoms with Gasteiger partial charge in [0.2, 0.25) is 0 Å². The topological polar surface area (TPSA) is 33.1 Å². The highest BCUT2D eigenvalue weighted by molar-refractivity contribution is 7.99. The largest absolute Gasteiger partial charge is 0.389 e. The standard InChI is InChI=1S/C12H19NOS/c1-9(2)6-8-15-12-11(10(3)14)5-4-7-13-12/h4-5,7,9-10,14H,6,8H2,1-3H3/t10-/m0/s1. The molecule has 3 heteroatoms. The molecule has 2 nitrogen and oxygen atoms in total. The van der Waals surface area contributed by atoms with Gasteiger partial charge in [-0.1, -0.05) is 19.9 Å². The molecule has 0 unspecified atom stereocenters. The predicted octanol–water partition coefficient (Wildman–Crippen LogP) is 3.27. The lowest BCUT2D eigenvalue weighted by Crippen LogP contribution is -1.97. The number of hydrogen-bond donors (Lipinski definition) is 1. The van der Waals surface area contributed by atoms with E-state index >= 15 is 0 Å². The second-order valence-electron chi connectivity index (χ2n) is 4.10. The smallest absolute Gasteiger partial charge is 0.102 e. The number of thioether (sulfide) groups is 1. The van der Waals surface area contributed by atoms with Crippen LogP contribution in [0.3, 0.4) is 0 Å². The molecule has 0 fully saturated rings. The monoisotopic (exact) mass is 225 g/mol. The van der Waals surface area contributed by atoms with Crippen molar-refractivity contribution in [2.75, 3.05) is 5.75 Å². The molecule has 0 saturated heterocycles. The molecule has 1 aromatic heterocycles. The van der Waals surface area contributed by atoms with E-state index in [-0.39, 0.29) is 0 Å². The van der Waals surface area contributed by atoms with Crippen LogP contribution in [-0.4, -0.2) is 15.8 Å². The first-order chi connectivity index (χ1) is 7.11. The normalized spacial score (nSPS) is 13.1. The zero-order valence-electron chi connectivity index (χ0n) is 9.60. The molecule has 0 radical (unpaired) electrons. The van der Waals surface area contributed by atoms with Crippen molar-refractivity contribution in [2.24, 2.45) is 5.92 Å². The minimum absolute atomic E-state index is 0.430. The van der Waals surface area contributed by atoms with Gasteiger partial charge >= 0.3 is 0 Å². The van der Waals surface area contributed by atoms with Crippen molar-refractivity contribution in [3.05, 3.63) is 23.9 Å². The SMILES string of the molecule is CC(C)CCSc1ncccc1[C@H](C)O. The lowest BCUT2D eigenvalue weighted by Gasteiger charge is -2.10. The second-order valence-corrected chi connectivity index (χ2v) is 5.19. The number of pyridine rings is 1. The first kappa shape index (κ1) is 12.5.